The standard InChI is InChI=1S/C24H21N3O2S/c1-15(22(28)25-20-12-6-8-16-7-2-3-9-18(16)20)30-24-26-21-11-5-4-10-19(21)23(29)27(24)17-13-14-17/h2-12,15,17H,13-14H2,1H3,(H,25,28)/t15-/m1/s1. The number of carbonyl (C=O) groups excluding carboxylic acids is 1. The molecule has 1 heterocycles. The fourth-order valence-electron chi connectivity index (χ4n) is 3.64. The van der Waals surface area contributed by atoms with Crippen molar-refractivity contribution in [2.75, 3.05) is 5.32 Å². The second-order valence-corrected chi connectivity index (χ2v) is 8.90. The fourth-order valence-corrected chi connectivity index (χ4v) is 4.62. The predicted molar refractivity (Wildman–Crippen MR) is 122 cm³/mol. The zero-order valence-electron chi connectivity index (χ0n) is 16.5. The monoisotopic (exact) mass is 415 g/mol. The van der Waals surface area contributed by atoms with Gasteiger partial charge in [0.05, 0.1) is 16.2 Å². The number of hydrogen-bond donors (Lipinski definition) is 1. The number of thioether (sulfide) groups is 1. The van der Waals surface area contributed by atoms with Gasteiger partial charge in [-0.3, -0.25) is 14.2 Å². The number of aromatic nitrogens is 2. The summed E-state index contributed by atoms with van der Waals surface area (Å²) in [5, 5.41) is 5.97. The minimum absolute atomic E-state index is 0.0211. The molecule has 150 valence electrons. The summed E-state index contributed by atoms with van der Waals surface area (Å²) in [4.78, 5) is 30.7. The predicted octanol–water partition coefficient (Wildman–Crippen LogP) is 5.00. The van der Waals surface area contributed by atoms with E-state index in [2.05, 4.69) is 5.32 Å². The molecule has 5 rings (SSSR count). The zero-order chi connectivity index (χ0) is 20.7. The van der Waals surface area contributed by atoms with Gasteiger partial charge >= 0.3 is 0 Å². The second-order valence-electron chi connectivity index (χ2n) is 7.59. The van der Waals surface area contributed by atoms with E-state index in [9.17, 15) is 9.59 Å². The number of fused-ring (bicyclic) bond motifs is 2. The van der Waals surface area contributed by atoms with E-state index in [-0.39, 0.29) is 17.5 Å². The van der Waals surface area contributed by atoms with Crippen LogP contribution >= 0.6 is 11.8 Å². The van der Waals surface area contributed by atoms with E-state index in [0.717, 1.165) is 29.3 Å². The van der Waals surface area contributed by atoms with Crippen molar-refractivity contribution in [2.45, 2.75) is 36.2 Å². The Morgan fingerprint density at radius 2 is 1.73 bits per heavy atom. The maximum Gasteiger partial charge on any atom is 0.262 e. The van der Waals surface area contributed by atoms with Crippen LogP contribution in [0.5, 0.6) is 0 Å². The third-order valence-electron chi connectivity index (χ3n) is 5.39. The quantitative estimate of drug-likeness (QED) is 0.368. The zero-order valence-corrected chi connectivity index (χ0v) is 17.4. The lowest BCUT2D eigenvalue weighted by molar-refractivity contribution is -0.115. The number of nitrogens with one attached hydrogen (secondary N) is 1. The number of para-hydroxylation sites is 1. The third kappa shape index (κ3) is 3.48. The number of nitrogens with zero attached hydrogens (tertiary/aromatic N) is 2. The van der Waals surface area contributed by atoms with Crippen molar-refractivity contribution in [2.24, 2.45) is 0 Å². The molecule has 4 aromatic rings. The first-order valence-corrected chi connectivity index (χ1v) is 11.0. The number of hydrogen-bond acceptors (Lipinski definition) is 4. The van der Waals surface area contributed by atoms with E-state index in [1.165, 1.54) is 11.8 Å². The Morgan fingerprint density at radius 1 is 1.03 bits per heavy atom. The molecule has 1 N–H and O–H groups in total. The molecule has 0 spiro atoms. The molecule has 5 nitrogen and oxygen atoms in total. The highest BCUT2D eigenvalue weighted by molar-refractivity contribution is 8.00. The van der Waals surface area contributed by atoms with Crippen LogP contribution in [0.15, 0.2) is 76.7 Å². The molecule has 1 saturated carbocycles. The minimum Gasteiger partial charge on any atom is -0.325 e. The first-order valence-electron chi connectivity index (χ1n) is 10.1. The lowest BCUT2D eigenvalue weighted by Gasteiger charge is -2.16. The van der Waals surface area contributed by atoms with Gasteiger partial charge in [0.15, 0.2) is 5.16 Å². The summed E-state index contributed by atoms with van der Waals surface area (Å²) in [5.41, 5.74) is 1.44. The maximum atomic E-state index is 13.0. The summed E-state index contributed by atoms with van der Waals surface area (Å²) >= 11 is 1.34. The van der Waals surface area contributed by atoms with Crippen LogP contribution in [0, 0.1) is 0 Å². The Kier molecular flexibility index (Phi) is 4.79. The molecular weight excluding hydrogens is 394 g/mol. The van der Waals surface area contributed by atoms with Crippen LogP contribution in [0.3, 0.4) is 0 Å². The van der Waals surface area contributed by atoms with Gasteiger partial charge in [-0.25, -0.2) is 4.98 Å². The van der Waals surface area contributed by atoms with E-state index in [1.54, 1.807) is 4.57 Å². The number of rotatable bonds is 5. The van der Waals surface area contributed by atoms with E-state index >= 15 is 0 Å². The molecule has 3 aromatic carbocycles. The van der Waals surface area contributed by atoms with Crippen molar-refractivity contribution in [3.63, 3.8) is 0 Å². The molecule has 0 saturated heterocycles. The molecule has 1 aliphatic carbocycles. The normalized spacial score (nSPS) is 14.7. The van der Waals surface area contributed by atoms with Gasteiger partial charge in [0.2, 0.25) is 5.91 Å². The smallest absolute Gasteiger partial charge is 0.262 e. The molecule has 0 aliphatic heterocycles. The molecule has 1 amide bonds. The van der Waals surface area contributed by atoms with Crippen LogP contribution in [0.1, 0.15) is 25.8 Å². The summed E-state index contributed by atoms with van der Waals surface area (Å²) in [6, 6.07) is 21.4. The molecule has 1 aliphatic rings. The van der Waals surface area contributed by atoms with Crippen LogP contribution in [-0.2, 0) is 4.79 Å². The van der Waals surface area contributed by atoms with Crippen LogP contribution < -0.4 is 10.9 Å². The number of benzene rings is 3. The van der Waals surface area contributed by atoms with Gasteiger partial charge in [-0.2, -0.15) is 0 Å². The Hall–Kier alpha value is -3.12. The first-order chi connectivity index (χ1) is 14.6. The van der Waals surface area contributed by atoms with E-state index < -0.39 is 5.25 Å². The van der Waals surface area contributed by atoms with Crippen molar-refractivity contribution in [3.8, 4) is 0 Å². The molecule has 0 unspecified atom stereocenters. The highest BCUT2D eigenvalue weighted by Crippen LogP contribution is 2.37. The number of carbonyl (C=O) groups is 1. The maximum absolute atomic E-state index is 13.0. The lowest BCUT2D eigenvalue weighted by Crippen LogP contribution is -2.26. The Labute approximate surface area is 178 Å². The minimum atomic E-state index is -0.401. The van der Waals surface area contributed by atoms with Gasteiger partial charge in [0.1, 0.15) is 0 Å². The largest absolute Gasteiger partial charge is 0.325 e. The van der Waals surface area contributed by atoms with Crippen LogP contribution in [-0.4, -0.2) is 20.7 Å². The Balaban J connectivity index is 1.44. The van der Waals surface area contributed by atoms with Gasteiger partial charge in [-0.05, 0) is 43.4 Å². The first kappa shape index (κ1) is 18.9. The van der Waals surface area contributed by atoms with Crippen molar-refractivity contribution >= 4 is 45.0 Å². The van der Waals surface area contributed by atoms with Crippen molar-refractivity contribution < 1.29 is 4.79 Å². The lowest BCUT2D eigenvalue weighted by atomic mass is 10.1. The van der Waals surface area contributed by atoms with Crippen molar-refractivity contribution in [3.05, 3.63) is 77.1 Å². The van der Waals surface area contributed by atoms with Gasteiger partial charge in [0.25, 0.3) is 5.56 Å². The summed E-state index contributed by atoms with van der Waals surface area (Å²) in [6.07, 6.45) is 1.95. The SMILES string of the molecule is C[C@@H](Sc1nc2ccccc2c(=O)n1C1CC1)C(=O)Nc1cccc2ccccc12. The topological polar surface area (TPSA) is 64.0 Å². The van der Waals surface area contributed by atoms with E-state index in [0.29, 0.717) is 16.1 Å². The summed E-state index contributed by atoms with van der Waals surface area (Å²) < 4.78 is 1.77. The van der Waals surface area contributed by atoms with Gasteiger partial charge < -0.3 is 5.32 Å². The molecule has 1 fully saturated rings. The van der Waals surface area contributed by atoms with Crippen LogP contribution in [0.2, 0.25) is 0 Å². The molecule has 6 heteroatoms. The van der Waals surface area contributed by atoms with Crippen molar-refractivity contribution in [1.29, 1.82) is 0 Å². The molecule has 0 bridgehead atoms. The van der Waals surface area contributed by atoms with Gasteiger partial charge in [-0.15, -0.1) is 0 Å². The van der Waals surface area contributed by atoms with Gasteiger partial charge in [0, 0.05) is 17.1 Å². The Morgan fingerprint density at radius 3 is 2.53 bits per heavy atom. The average molecular weight is 416 g/mol. The van der Waals surface area contributed by atoms with Crippen molar-refractivity contribution in [1.82, 2.24) is 9.55 Å². The Bertz CT molecular complexity index is 1320. The average Bonchev–Trinajstić information content (AvgIpc) is 3.59. The fraction of sp³-hybridized carbons (Fsp3) is 0.208. The summed E-state index contributed by atoms with van der Waals surface area (Å²) in [6.45, 7) is 1.85. The molecule has 30 heavy (non-hydrogen) atoms. The van der Waals surface area contributed by atoms with Crippen LogP contribution in [0.4, 0.5) is 5.69 Å². The second kappa shape index (κ2) is 7.61. The van der Waals surface area contributed by atoms with E-state index in [4.69, 9.17) is 4.98 Å². The van der Waals surface area contributed by atoms with E-state index in [1.807, 2.05) is 73.7 Å². The number of anilines is 1. The highest BCUT2D eigenvalue weighted by atomic mass is 32.2. The highest BCUT2D eigenvalue weighted by Gasteiger charge is 2.30. The molecular formula is C24H21N3O2S. The number of amides is 1. The van der Waals surface area contributed by atoms with Gasteiger partial charge in [-0.1, -0.05) is 60.3 Å². The third-order valence-corrected chi connectivity index (χ3v) is 6.45. The molecule has 1 aromatic heterocycles. The molecule has 0 radical (unpaired) electrons. The molecule has 1 atom stereocenters. The summed E-state index contributed by atoms with van der Waals surface area (Å²) in [5.74, 6) is -0.110. The summed E-state index contributed by atoms with van der Waals surface area (Å²) in [7, 11) is 0. The van der Waals surface area contributed by atoms with Crippen LogP contribution in [0.25, 0.3) is 21.7 Å².